The molecule has 0 aromatic heterocycles. The van der Waals surface area contributed by atoms with E-state index in [0.29, 0.717) is 0 Å². The van der Waals surface area contributed by atoms with Crippen LogP contribution in [-0.4, -0.2) is 47.2 Å². The Kier molecular flexibility index (Phi) is 9.36. The minimum absolute atomic E-state index is 0.00341. The van der Waals surface area contributed by atoms with Crippen LogP contribution >= 0.6 is 0 Å². The number of aliphatic carboxylic acids is 1. The van der Waals surface area contributed by atoms with E-state index in [9.17, 15) is 29.6 Å². The summed E-state index contributed by atoms with van der Waals surface area (Å²) in [5.41, 5.74) is 0.759. The van der Waals surface area contributed by atoms with E-state index in [1.807, 2.05) is 6.07 Å². The Hall–Kier alpha value is -4.15. The molecule has 11 heteroatoms. The van der Waals surface area contributed by atoms with Crippen molar-refractivity contribution >= 4 is 23.7 Å². The van der Waals surface area contributed by atoms with E-state index in [-0.39, 0.29) is 35.9 Å². The van der Waals surface area contributed by atoms with Gasteiger partial charge < -0.3 is 25.2 Å². The molecule has 34 heavy (non-hydrogen) atoms. The first kappa shape index (κ1) is 26.1. The Morgan fingerprint density at radius 1 is 1.09 bits per heavy atom. The largest absolute Gasteiger partial charge is 0.496 e. The number of carboxylic acid groups (broad SMARTS) is 1. The SMILES string of the molecule is COc1ccc([N+](=O)[O-])cc1C[C@H](NC(=O)[C@@H](NC(=O)OCc1ccccc1)C(C)C)C(=O)O. The lowest BCUT2D eigenvalue weighted by molar-refractivity contribution is -0.384. The number of carbonyl (C=O) groups excluding carboxylic acids is 2. The van der Waals surface area contributed by atoms with E-state index in [1.165, 1.54) is 25.3 Å². The normalized spacial score (nSPS) is 12.4. The van der Waals surface area contributed by atoms with E-state index in [4.69, 9.17) is 9.47 Å². The number of nitrogens with one attached hydrogen (secondary N) is 2. The van der Waals surface area contributed by atoms with Gasteiger partial charge in [0.05, 0.1) is 12.0 Å². The molecule has 0 spiro atoms. The van der Waals surface area contributed by atoms with E-state index < -0.39 is 35.0 Å². The molecule has 0 aliphatic carbocycles. The van der Waals surface area contributed by atoms with Crippen molar-refractivity contribution in [3.63, 3.8) is 0 Å². The van der Waals surface area contributed by atoms with Crippen molar-refractivity contribution in [1.29, 1.82) is 0 Å². The molecule has 0 heterocycles. The minimum Gasteiger partial charge on any atom is -0.496 e. The van der Waals surface area contributed by atoms with Gasteiger partial charge in [0.1, 0.15) is 24.4 Å². The summed E-state index contributed by atoms with van der Waals surface area (Å²) < 4.78 is 10.3. The quantitative estimate of drug-likeness (QED) is 0.332. The van der Waals surface area contributed by atoms with E-state index in [1.54, 1.807) is 38.1 Å². The second-order valence-electron chi connectivity index (χ2n) is 7.78. The van der Waals surface area contributed by atoms with Gasteiger partial charge in [-0.2, -0.15) is 0 Å². The van der Waals surface area contributed by atoms with E-state index in [2.05, 4.69) is 10.6 Å². The predicted molar refractivity (Wildman–Crippen MR) is 121 cm³/mol. The standard InChI is InChI=1S/C23H27N3O8/c1-14(2)20(25-23(30)34-13-15-7-5-4-6-8-15)21(27)24-18(22(28)29)12-16-11-17(26(31)32)9-10-19(16)33-3/h4-11,14,18,20H,12-13H2,1-3H3,(H,24,27)(H,25,30)(H,28,29)/t18-,20-/m0/s1. The molecule has 0 aliphatic heterocycles. The zero-order valence-corrected chi connectivity index (χ0v) is 19.0. The lowest BCUT2D eigenvalue weighted by Crippen LogP contribution is -2.54. The Morgan fingerprint density at radius 2 is 1.76 bits per heavy atom. The summed E-state index contributed by atoms with van der Waals surface area (Å²) in [6, 6.07) is 10.3. The van der Waals surface area contributed by atoms with Crippen LogP contribution in [0.15, 0.2) is 48.5 Å². The first-order valence-corrected chi connectivity index (χ1v) is 10.4. The number of hydrogen-bond acceptors (Lipinski definition) is 7. The predicted octanol–water partition coefficient (Wildman–Crippen LogP) is 2.67. The highest BCUT2D eigenvalue weighted by Crippen LogP contribution is 2.25. The van der Waals surface area contributed by atoms with Crippen LogP contribution in [0.2, 0.25) is 0 Å². The minimum atomic E-state index is -1.42. The molecule has 2 aromatic rings. The molecule has 0 unspecified atom stereocenters. The summed E-state index contributed by atoms with van der Waals surface area (Å²) in [6.45, 7) is 3.37. The summed E-state index contributed by atoms with van der Waals surface area (Å²) in [5.74, 6) is -2.22. The number of carboxylic acids is 1. The van der Waals surface area contributed by atoms with Crippen LogP contribution in [-0.2, 0) is 27.4 Å². The summed E-state index contributed by atoms with van der Waals surface area (Å²) in [6.07, 6.45) is -1.10. The van der Waals surface area contributed by atoms with Crippen molar-refractivity contribution in [2.75, 3.05) is 7.11 Å². The highest BCUT2D eigenvalue weighted by atomic mass is 16.6. The van der Waals surface area contributed by atoms with Crippen molar-refractivity contribution in [3.05, 3.63) is 69.8 Å². The van der Waals surface area contributed by atoms with Crippen molar-refractivity contribution in [2.45, 2.75) is 39.0 Å². The zero-order valence-electron chi connectivity index (χ0n) is 19.0. The number of methoxy groups -OCH3 is 1. The Morgan fingerprint density at radius 3 is 2.32 bits per heavy atom. The van der Waals surface area contributed by atoms with Crippen molar-refractivity contribution in [3.8, 4) is 5.75 Å². The summed E-state index contributed by atoms with van der Waals surface area (Å²) in [5, 5.41) is 25.6. The summed E-state index contributed by atoms with van der Waals surface area (Å²) in [4.78, 5) is 47.4. The van der Waals surface area contributed by atoms with Crippen LogP contribution in [0.4, 0.5) is 10.5 Å². The molecule has 0 radical (unpaired) electrons. The highest BCUT2D eigenvalue weighted by Gasteiger charge is 2.30. The van der Waals surface area contributed by atoms with Gasteiger partial charge in [-0.15, -0.1) is 0 Å². The molecule has 182 valence electrons. The number of amides is 2. The molecule has 0 saturated heterocycles. The Labute approximate surface area is 196 Å². The summed E-state index contributed by atoms with van der Waals surface area (Å²) in [7, 11) is 1.35. The zero-order chi connectivity index (χ0) is 25.3. The number of nitro benzene ring substituents is 1. The topological polar surface area (TPSA) is 157 Å². The van der Waals surface area contributed by atoms with Crippen molar-refractivity contribution in [1.82, 2.24) is 10.6 Å². The fraction of sp³-hybridized carbons (Fsp3) is 0.348. The van der Waals surface area contributed by atoms with E-state index >= 15 is 0 Å². The monoisotopic (exact) mass is 473 g/mol. The lowest BCUT2D eigenvalue weighted by Gasteiger charge is -2.24. The molecular weight excluding hydrogens is 446 g/mol. The molecule has 2 rings (SSSR count). The Bertz CT molecular complexity index is 1030. The van der Waals surface area contributed by atoms with Gasteiger partial charge in [0, 0.05) is 24.1 Å². The maximum Gasteiger partial charge on any atom is 0.408 e. The maximum atomic E-state index is 12.8. The van der Waals surface area contributed by atoms with Gasteiger partial charge in [0.2, 0.25) is 5.91 Å². The highest BCUT2D eigenvalue weighted by molar-refractivity contribution is 5.89. The van der Waals surface area contributed by atoms with Crippen molar-refractivity contribution in [2.24, 2.45) is 5.92 Å². The third-order valence-corrected chi connectivity index (χ3v) is 4.95. The fourth-order valence-corrected chi connectivity index (χ4v) is 3.15. The lowest BCUT2D eigenvalue weighted by atomic mass is 10.0. The van der Waals surface area contributed by atoms with Gasteiger partial charge in [-0.25, -0.2) is 9.59 Å². The molecule has 0 fully saturated rings. The van der Waals surface area contributed by atoms with Crippen LogP contribution in [0, 0.1) is 16.0 Å². The average Bonchev–Trinajstić information content (AvgIpc) is 2.80. The van der Waals surface area contributed by atoms with Gasteiger partial charge in [0.25, 0.3) is 5.69 Å². The van der Waals surface area contributed by atoms with Crippen molar-refractivity contribution < 1.29 is 33.9 Å². The molecular formula is C23H27N3O8. The number of non-ortho nitro benzene ring substituents is 1. The Balaban J connectivity index is 2.10. The van der Waals surface area contributed by atoms with Gasteiger partial charge in [-0.3, -0.25) is 14.9 Å². The van der Waals surface area contributed by atoms with Gasteiger partial charge in [0.15, 0.2) is 0 Å². The molecule has 0 aliphatic rings. The molecule has 2 amide bonds. The maximum absolute atomic E-state index is 12.8. The second kappa shape index (κ2) is 12.2. The third-order valence-electron chi connectivity index (χ3n) is 4.95. The average molecular weight is 473 g/mol. The number of alkyl carbamates (subject to hydrolysis) is 1. The first-order chi connectivity index (χ1) is 16.1. The number of nitrogens with zero attached hydrogens (tertiary/aromatic N) is 1. The van der Waals surface area contributed by atoms with Gasteiger partial charge in [-0.1, -0.05) is 44.2 Å². The molecule has 0 saturated carbocycles. The number of nitro groups is 1. The van der Waals surface area contributed by atoms with Crippen LogP contribution in [0.25, 0.3) is 0 Å². The summed E-state index contributed by atoms with van der Waals surface area (Å²) >= 11 is 0. The molecule has 3 N–H and O–H groups in total. The number of ether oxygens (including phenoxy) is 2. The first-order valence-electron chi connectivity index (χ1n) is 10.4. The molecule has 11 nitrogen and oxygen atoms in total. The van der Waals surface area contributed by atoms with Gasteiger partial charge in [-0.05, 0) is 17.5 Å². The number of rotatable bonds is 11. The number of hydrogen-bond donors (Lipinski definition) is 3. The van der Waals surface area contributed by atoms with Crippen LogP contribution < -0.4 is 15.4 Å². The van der Waals surface area contributed by atoms with Crippen LogP contribution in [0.5, 0.6) is 5.75 Å². The molecule has 0 bridgehead atoms. The van der Waals surface area contributed by atoms with Crippen LogP contribution in [0.3, 0.4) is 0 Å². The smallest absolute Gasteiger partial charge is 0.408 e. The number of carbonyl (C=O) groups is 3. The van der Waals surface area contributed by atoms with E-state index in [0.717, 1.165) is 5.56 Å². The third kappa shape index (κ3) is 7.47. The van der Waals surface area contributed by atoms with Crippen LogP contribution in [0.1, 0.15) is 25.0 Å². The van der Waals surface area contributed by atoms with Gasteiger partial charge >= 0.3 is 12.1 Å². The molecule has 2 atom stereocenters. The second-order valence-corrected chi connectivity index (χ2v) is 7.78. The molecule has 2 aromatic carbocycles. The fourth-order valence-electron chi connectivity index (χ4n) is 3.15. The number of benzene rings is 2.